The summed E-state index contributed by atoms with van der Waals surface area (Å²) in [5, 5.41) is 10.2. The number of hydrogen-bond donors (Lipinski definition) is 3. The van der Waals surface area contributed by atoms with Crippen LogP contribution in [0.15, 0.2) is 48.9 Å². The topological polar surface area (TPSA) is 96.0 Å². The first kappa shape index (κ1) is 19.3. The Labute approximate surface area is 163 Å². The molecule has 0 fully saturated rings. The Balaban J connectivity index is 2.06. The van der Waals surface area contributed by atoms with Gasteiger partial charge < -0.3 is 10.6 Å². The number of nitrogens with one attached hydrogen (secondary N) is 3. The van der Waals surface area contributed by atoms with Gasteiger partial charge in [-0.15, -0.1) is 0 Å². The first-order valence-electron chi connectivity index (χ1n) is 9.26. The SMILES string of the molecule is CCNC(=O)Nc1cc2c(-c3ccncc3)ccc(CNC(=O)CC)c2cn1. The molecular formula is C21H23N5O2. The molecule has 0 atom stereocenters. The maximum Gasteiger partial charge on any atom is 0.320 e. The molecule has 0 saturated carbocycles. The summed E-state index contributed by atoms with van der Waals surface area (Å²) in [5.74, 6) is 0.456. The second-order valence-corrected chi connectivity index (χ2v) is 6.24. The summed E-state index contributed by atoms with van der Waals surface area (Å²) in [7, 11) is 0. The number of anilines is 1. The Morgan fingerprint density at radius 1 is 1.00 bits per heavy atom. The van der Waals surface area contributed by atoms with Gasteiger partial charge in [0.1, 0.15) is 5.82 Å². The molecule has 28 heavy (non-hydrogen) atoms. The smallest absolute Gasteiger partial charge is 0.320 e. The zero-order valence-electron chi connectivity index (χ0n) is 16.0. The average Bonchev–Trinajstić information content (AvgIpc) is 2.72. The van der Waals surface area contributed by atoms with Crippen LogP contribution in [0.5, 0.6) is 0 Å². The molecule has 3 amide bonds. The van der Waals surface area contributed by atoms with E-state index in [1.165, 1.54) is 0 Å². The van der Waals surface area contributed by atoms with Gasteiger partial charge in [0.15, 0.2) is 0 Å². The van der Waals surface area contributed by atoms with Gasteiger partial charge in [-0.1, -0.05) is 19.1 Å². The van der Waals surface area contributed by atoms with Crippen LogP contribution in [-0.2, 0) is 11.3 Å². The molecule has 3 N–H and O–H groups in total. The molecule has 3 rings (SSSR count). The van der Waals surface area contributed by atoms with Crippen molar-refractivity contribution >= 4 is 28.5 Å². The third kappa shape index (κ3) is 4.43. The number of amides is 3. The number of pyridine rings is 2. The van der Waals surface area contributed by atoms with E-state index in [4.69, 9.17) is 0 Å². The number of fused-ring (bicyclic) bond motifs is 1. The standard InChI is InChI=1S/C21H23N5O2/c1-3-20(27)25-12-15-5-6-16(14-7-9-22-10-8-14)17-11-19(24-13-18(15)17)26-21(28)23-4-2/h5-11,13H,3-4,12H2,1-2H3,(H,25,27)(H2,23,24,26,28). The number of carbonyl (C=O) groups is 2. The number of carbonyl (C=O) groups excluding carboxylic acids is 2. The molecular weight excluding hydrogens is 354 g/mol. The highest BCUT2D eigenvalue weighted by Crippen LogP contribution is 2.31. The van der Waals surface area contributed by atoms with Crippen molar-refractivity contribution in [3.8, 4) is 11.1 Å². The number of hydrogen-bond acceptors (Lipinski definition) is 4. The zero-order chi connectivity index (χ0) is 19.9. The molecule has 3 aromatic rings. The predicted octanol–water partition coefficient (Wildman–Crippen LogP) is 3.46. The lowest BCUT2D eigenvalue weighted by Gasteiger charge is -2.14. The van der Waals surface area contributed by atoms with Crippen LogP contribution in [0.4, 0.5) is 10.6 Å². The summed E-state index contributed by atoms with van der Waals surface area (Å²) < 4.78 is 0. The summed E-state index contributed by atoms with van der Waals surface area (Å²) in [4.78, 5) is 32.0. The van der Waals surface area contributed by atoms with E-state index in [9.17, 15) is 9.59 Å². The van der Waals surface area contributed by atoms with Crippen molar-refractivity contribution in [3.63, 3.8) is 0 Å². The van der Waals surface area contributed by atoms with Gasteiger partial charge in [0.05, 0.1) is 0 Å². The van der Waals surface area contributed by atoms with Crippen molar-refractivity contribution in [2.45, 2.75) is 26.8 Å². The van der Waals surface area contributed by atoms with Crippen LogP contribution in [0.3, 0.4) is 0 Å². The lowest BCUT2D eigenvalue weighted by molar-refractivity contribution is -0.120. The van der Waals surface area contributed by atoms with Crippen LogP contribution in [-0.4, -0.2) is 28.5 Å². The molecule has 0 aliphatic heterocycles. The summed E-state index contributed by atoms with van der Waals surface area (Å²) in [5.41, 5.74) is 2.98. The van der Waals surface area contributed by atoms with Gasteiger partial charge in [-0.2, -0.15) is 0 Å². The molecule has 0 unspecified atom stereocenters. The zero-order valence-corrected chi connectivity index (χ0v) is 16.0. The highest BCUT2D eigenvalue weighted by Gasteiger charge is 2.11. The minimum absolute atomic E-state index is 0.00570. The van der Waals surface area contributed by atoms with Crippen molar-refractivity contribution in [1.82, 2.24) is 20.6 Å². The van der Waals surface area contributed by atoms with E-state index >= 15 is 0 Å². The van der Waals surface area contributed by atoms with E-state index in [-0.39, 0.29) is 11.9 Å². The maximum absolute atomic E-state index is 11.9. The second-order valence-electron chi connectivity index (χ2n) is 6.24. The molecule has 0 bridgehead atoms. The van der Waals surface area contributed by atoms with Gasteiger partial charge in [0.2, 0.25) is 5.91 Å². The van der Waals surface area contributed by atoms with E-state index < -0.39 is 0 Å². The van der Waals surface area contributed by atoms with Crippen LogP contribution in [0, 0.1) is 0 Å². The number of nitrogens with zero attached hydrogens (tertiary/aromatic N) is 2. The Hall–Kier alpha value is -3.48. The predicted molar refractivity (Wildman–Crippen MR) is 110 cm³/mol. The van der Waals surface area contributed by atoms with E-state index in [1.807, 2.05) is 44.2 Å². The van der Waals surface area contributed by atoms with E-state index in [1.54, 1.807) is 18.6 Å². The Kier molecular flexibility index (Phi) is 6.16. The molecule has 0 aliphatic rings. The normalized spacial score (nSPS) is 10.5. The molecule has 1 aromatic carbocycles. The number of urea groups is 1. The van der Waals surface area contributed by atoms with Gasteiger partial charge >= 0.3 is 6.03 Å². The van der Waals surface area contributed by atoms with E-state index in [2.05, 4.69) is 25.9 Å². The number of rotatable bonds is 6. The Morgan fingerprint density at radius 2 is 1.79 bits per heavy atom. The minimum Gasteiger partial charge on any atom is -0.352 e. The second kappa shape index (κ2) is 8.94. The van der Waals surface area contributed by atoms with Gasteiger partial charge in [0.25, 0.3) is 0 Å². The van der Waals surface area contributed by atoms with Crippen LogP contribution < -0.4 is 16.0 Å². The lowest BCUT2D eigenvalue weighted by Crippen LogP contribution is -2.28. The average molecular weight is 377 g/mol. The fourth-order valence-corrected chi connectivity index (χ4v) is 2.94. The van der Waals surface area contributed by atoms with Crippen molar-refractivity contribution in [2.24, 2.45) is 0 Å². The van der Waals surface area contributed by atoms with Crippen LogP contribution in [0.2, 0.25) is 0 Å². The monoisotopic (exact) mass is 377 g/mol. The molecule has 0 aliphatic carbocycles. The molecule has 2 heterocycles. The van der Waals surface area contributed by atoms with Crippen molar-refractivity contribution < 1.29 is 9.59 Å². The minimum atomic E-state index is -0.300. The highest BCUT2D eigenvalue weighted by atomic mass is 16.2. The third-order valence-electron chi connectivity index (χ3n) is 4.36. The Morgan fingerprint density at radius 3 is 2.50 bits per heavy atom. The summed E-state index contributed by atoms with van der Waals surface area (Å²) in [6.07, 6.45) is 5.65. The fraction of sp³-hybridized carbons (Fsp3) is 0.238. The first-order valence-corrected chi connectivity index (χ1v) is 9.26. The van der Waals surface area contributed by atoms with Gasteiger partial charge in [0, 0.05) is 43.5 Å². The maximum atomic E-state index is 11.9. The van der Waals surface area contributed by atoms with Gasteiger partial charge in [-0.05, 0) is 47.2 Å². The molecule has 0 saturated heterocycles. The van der Waals surface area contributed by atoms with Crippen molar-refractivity contribution in [2.75, 3.05) is 11.9 Å². The molecule has 2 aromatic heterocycles. The third-order valence-corrected chi connectivity index (χ3v) is 4.36. The van der Waals surface area contributed by atoms with Crippen molar-refractivity contribution in [3.05, 3.63) is 54.5 Å². The van der Waals surface area contributed by atoms with Crippen LogP contribution in [0.25, 0.3) is 21.9 Å². The lowest BCUT2D eigenvalue weighted by atomic mass is 9.96. The van der Waals surface area contributed by atoms with Gasteiger partial charge in [-0.3, -0.25) is 15.1 Å². The van der Waals surface area contributed by atoms with E-state index in [0.717, 1.165) is 27.5 Å². The summed E-state index contributed by atoms with van der Waals surface area (Å²) in [6, 6.07) is 9.43. The summed E-state index contributed by atoms with van der Waals surface area (Å²) >= 11 is 0. The van der Waals surface area contributed by atoms with Crippen molar-refractivity contribution in [1.29, 1.82) is 0 Å². The molecule has 7 heteroatoms. The molecule has 144 valence electrons. The number of aromatic nitrogens is 2. The van der Waals surface area contributed by atoms with Crippen LogP contribution in [0.1, 0.15) is 25.8 Å². The van der Waals surface area contributed by atoms with E-state index in [0.29, 0.717) is 25.3 Å². The molecule has 0 spiro atoms. The Bertz CT molecular complexity index is 989. The highest BCUT2D eigenvalue weighted by molar-refractivity contribution is 6.00. The summed E-state index contributed by atoms with van der Waals surface area (Å²) in [6.45, 7) is 4.63. The van der Waals surface area contributed by atoms with Crippen LogP contribution >= 0.6 is 0 Å². The quantitative estimate of drug-likeness (QED) is 0.613. The largest absolute Gasteiger partial charge is 0.352 e. The first-order chi connectivity index (χ1) is 13.6. The fourth-order valence-electron chi connectivity index (χ4n) is 2.94. The number of benzene rings is 1. The molecule has 7 nitrogen and oxygen atoms in total. The van der Waals surface area contributed by atoms with Gasteiger partial charge in [-0.25, -0.2) is 9.78 Å². The molecule has 0 radical (unpaired) electrons.